The van der Waals surface area contributed by atoms with Crippen LogP contribution in [0.15, 0.2) is 52.1 Å². The molecule has 0 radical (unpaired) electrons. The van der Waals surface area contributed by atoms with Crippen LogP contribution in [-0.4, -0.2) is 21.6 Å². The van der Waals surface area contributed by atoms with Gasteiger partial charge >= 0.3 is 0 Å². The van der Waals surface area contributed by atoms with Gasteiger partial charge in [0.05, 0.1) is 16.8 Å². The Balaban J connectivity index is 1.61. The summed E-state index contributed by atoms with van der Waals surface area (Å²) in [5, 5.41) is 3.62. The maximum Gasteiger partial charge on any atom is 0.234 e. The molecule has 6 heteroatoms. The second kappa shape index (κ2) is 6.54. The first-order valence-corrected chi connectivity index (χ1v) is 8.52. The first kappa shape index (κ1) is 15.1. The minimum absolute atomic E-state index is 0.0458. The molecule has 0 aliphatic heterocycles. The second-order valence-electron chi connectivity index (χ2n) is 4.91. The molecule has 0 spiro atoms. The van der Waals surface area contributed by atoms with Gasteiger partial charge in [-0.25, -0.2) is 4.98 Å². The van der Waals surface area contributed by atoms with E-state index in [1.54, 1.807) is 0 Å². The Morgan fingerprint density at radius 1 is 1.27 bits per heavy atom. The van der Waals surface area contributed by atoms with Crippen molar-refractivity contribution in [1.29, 1.82) is 0 Å². The molecular formula is C16H14BrN3OS. The van der Waals surface area contributed by atoms with Crippen molar-refractivity contribution < 1.29 is 4.79 Å². The Hall–Kier alpha value is -1.79. The molecule has 1 heterocycles. The summed E-state index contributed by atoms with van der Waals surface area (Å²) in [6.45, 7) is 2.02. The number of H-pyrrole nitrogens is 1. The number of fused-ring (bicyclic) bond motifs is 1. The van der Waals surface area contributed by atoms with Crippen LogP contribution in [0, 0.1) is 6.92 Å². The number of rotatable bonds is 4. The summed E-state index contributed by atoms with van der Waals surface area (Å²) >= 11 is 4.82. The fourth-order valence-corrected chi connectivity index (χ4v) is 3.04. The largest absolute Gasteiger partial charge is 0.333 e. The number of hydrogen-bond donors (Lipinski definition) is 2. The molecule has 0 unspecified atom stereocenters. The average molecular weight is 376 g/mol. The number of thioether (sulfide) groups is 1. The monoisotopic (exact) mass is 375 g/mol. The van der Waals surface area contributed by atoms with Gasteiger partial charge in [0.25, 0.3) is 0 Å². The number of nitrogens with zero attached hydrogens (tertiary/aromatic N) is 1. The highest BCUT2D eigenvalue weighted by Gasteiger charge is 2.07. The fourth-order valence-electron chi connectivity index (χ4n) is 1.99. The number of amides is 1. The van der Waals surface area contributed by atoms with Crippen molar-refractivity contribution in [2.75, 3.05) is 11.1 Å². The van der Waals surface area contributed by atoms with Crippen molar-refractivity contribution in [1.82, 2.24) is 9.97 Å². The summed E-state index contributed by atoms with van der Waals surface area (Å²) in [6, 6.07) is 13.6. The number of imidazole rings is 1. The number of hydrogen-bond acceptors (Lipinski definition) is 3. The third-order valence-corrected chi connectivity index (χ3v) is 4.46. The Kier molecular flexibility index (Phi) is 4.49. The van der Waals surface area contributed by atoms with E-state index in [1.807, 2.05) is 49.4 Å². The van der Waals surface area contributed by atoms with Crippen LogP contribution in [0.2, 0.25) is 0 Å². The number of halogens is 1. The van der Waals surface area contributed by atoms with Crippen LogP contribution in [0.25, 0.3) is 11.0 Å². The molecule has 0 bridgehead atoms. The first-order valence-electron chi connectivity index (χ1n) is 6.75. The van der Waals surface area contributed by atoms with E-state index in [2.05, 4.69) is 31.2 Å². The van der Waals surface area contributed by atoms with E-state index < -0.39 is 0 Å². The van der Waals surface area contributed by atoms with Gasteiger partial charge in [-0.1, -0.05) is 45.4 Å². The van der Waals surface area contributed by atoms with Gasteiger partial charge in [-0.05, 0) is 37.3 Å². The van der Waals surface area contributed by atoms with E-state index in [9.17, 15) is 4.79 Å². The van der Waals surface area contributed by atoms with Crippen molar-refractivity contribution in [3.05, 3.63) is 52.5 Å². The van der Waals surface area contributed by atoms with Crippen molar-refractivity contribution in [2.24, 2.45) is 0 Å². The van der Waals surface area contributed by atoms with Crippen LogP contribution in [0.4, 0.5) is 5.69 Å². The molecule has 0 aliphatic rings. The standard InChI is InChI=1S/C16H14BrN3OS/c1-10-2-5-12(6-3-10)18-15(21)9-22-16-19-13-7-4-11(17)8-14(13)20-16/h2-8H,9H2,1H3,(H,18,21)(H,19,20). The summed E-state index contributed by atoms with van der Waals surface area (Å²) in [5.74, 6) is 0.269. The Bertz CT molecular complexity index is 814. The van der Waals surface area contributed by atoms with E-state index >= 15 is 0 Å². The summed E-state index contributed by atoms with van der Waals surface area (Å²) in [4.78, 5) is 19.6. The Morgan fingerprint density at radius 2 is 2.05 bits per heavy atom. The number of aromatic nitrogens is 2. The average Bonchev–Trinajstić information content (AvgIpc) is 2.89. The zero-order valence-corrected chi connectivity index (χ0v) is 14.3. The second-order valence-corrected chi connectivity index (χ2v) is 6.79. The van der Waals surface area contributed by atoms with Crippen molar-refractivity contribution in [2.45, 2.75) is 12.1 Å². The number of aryl methyl sites for hydroxylation is 1. The van der Waals surface area contributed by atoms with Gasteiger partial charge in [0.2, 0.25) is 5.91 Å². The number of anilines is 1. The topological polar surface area (TPSA) is 57.8 Å². The molecule has 0 saturated carbocycles. The number of carbonyl (C=O) groups excluding carboxylic acids is 1. The normalized spacial score (nSPS) is 10.8. The third-order valence-electron chi connectivity index (χ3n) is 3.10. The fraction of sp³-hybridized carbons (Fsp3) is 0.125. The molecule has 1 aromatic heterocycles. The van der Waals surface area contributed by atoms with Crippen LogP contribution >= 0.6 is 27.7 Å². The highest BCUT2D eigenvalue weighted by atomic mass is 79.9. The van der Waals surface area contributed by atoms with Gasteiger partial charge in [-0.3, -0.25) is 4.79 Å². The molecular weight excluding hydrogens is 362 g/mol. The molecule has 3 aromatic rings. The lowest BCUT2D eigenvalue weighted by Gasteiger charge is -2.04. The highest BCUT2D eigenvalue weighted by Crippen LogP contribution is 2.22. The molecule has 3 rings (SSSR count). The maximum absolute atomic E-state index is 12.0. The molecule has 4 nitrogen and oxygen atoms in total. The molecule has 2 aromatic carbocycles. The van der Waals surface area contributed by atoms with Crippen LogP contribution in [0.1, 0.15) is 5.56 Å². The van der Waals surface area contributed by atoms with Crippen molar-refractivity contribution >= 4 is 50.3 Å². The molecule has 0 fully saturated rings. The SMILES string of the molecule is Cc1ccc(NC(=O)CSc2nc3ccc(Br)cc3[nH]2)cc1. The zero-order chi connectivity index (χ0) is 15.5. The van der Waals surface area contributed by atoms with Gasteiger partial charge in [-0.15, -0.1) is 0 Å². The summed E-state index contributed by atoms with van der Waals surface area (Å²) in [6.07, 6.45) is 0. The van der Waals surface area contributed by atoms with Gasteiger partial charge in [0.1, 0.15) is 0 Å². The van der Waals surface area contributed by atoms with Gasteiger partial charge < -0.3 is 10.3 Å². The van der Waals surface area contributed by atoms with Gasteiger partial charge in [0, 0.05) is 10.2 Å². The molecule has 0 saturated heterocycles. The lowest BCUT2D eigenvalue weighted by atomic mass is 10.2. The Morgan fingerprint density at radius 3 is 2.82 bits per heavy atom. The summed E-state index contributed by atoms with van der Waals surface area (Å²) in [5.41, 5.74) is 3.83. The first-order chi connectivity index (χ1) is 10.6. The summed E-state index contributed by atoms with van der Waals surface area (Å²) < 4.78 is 0.998. The van der Waals surface area contributed by atoms with E-state index in [1.165, 1.54) is 17.3 Å². The lowest BCUT2D eigenvalue weighted by molar-refractivity contribution is -0.113. The van der Waals surface area contributed by atoms with E-state index in [0.717, 1.165) is 26.3 Å². The van der Waals surface area contributed by atoms with E-state index in [-0.39, 0.29) is 5.91 Å². The lowest BCUT2D eigenvalue weighted by Crippen LogP contribution is -2.14. The molecule has 112 valence electrons. The number of aromatic amines is 1. The molecule has 1 amide bonds. The third kappa shape index (κ3) is 3.69. The van der Waals surface area contributed by atoms with Crippen molar-refractivity contribution in [3.8, 4) is 0 Å². The molecule has 0 aliphatic carbocycles. The van der Waals surface area contributed by atoms with Crippen molar-refractivity contribution in [3.63, 3.8) is 0 Å². The minimum Gasteiger partial charge on any atom is -0.333 e. The minimum atomic E-state index is -0.0458. The van der Waals surface area contributed by atoms with Gasteiger partial charge in [0.15, 0.2) is 5.16 Å². The number of benzene rings is 2. The Labute approximate surface area is 140 Å². The van der Waals surface area contributed by atoms with Crippen LogP contribution in [0.3, 0.4) is 0 Å². The smallest absolute Gasteiger partial charge is 0.234 e. The zero-order valence-electron chi connectivity index (χ0n) is 11.9. The number of nitrogens with one attached hydrogen (secondary N) is 2. The van der Waals surface area contributed by atoms with Gasteiger partial charge in [-0.2, -0.15) is 0 Å². The molecule has 0 atom stereocenters. The maximum atomic E-state index is 12.0. The molecule has 2 N–H and O–H groups in total. The highest BCUT2D eigenvalue weighted by molar-refractivity contribution is 9.10. The van der Waals surface area contributed by atoms with Crippen LogP contribution < -0.4 is 5.32 Å². The summed E-state index contributed by atoms with van der Waals surface area (Å²) in [7, 11) is 0. The van der Waals surface area contributed by atoms with Crippen LogP contribution in [0.5, 0.6) is 0 Å². The number of carbonyl (C=O) groups is 1. The van der Waals surface area contributed by atoms with Crippen LogP contribution in [-0.2, 0) is 4.79 Å². The van der Waals surface area contributed by atoms with E-state index in [0.29, 0.717) is 5.75 Å². The molecule has 22 heavy (non-hydrogen) atoms. The van der Waals surface area contributed by atoms with E-state index in [4.69, 9.17) is 0 Å². The predicted octanol–water partition coefficient (Wildman–Crippen LogP) is 4.36. The predicted molar refractivity (Wildman–Crippen MR) is 94.3 cm³/mol. The quantitative estimate of drug-likeness (QED) is 0.665.